The van der Waals surface area contributed by atoms with E-state index in [-0.39, 0.29) is 13.0 Å². The molecule has 3 nitrogen and oxygen atoms in total. The Morgan fingerprint density at radius 2 is 2.42 bits per heavy atom. The van der Waals surface area contributed by atoms with Gasteiger partial charge in [-0.3, -0.25) is 0 Å². The van der Waals surface area contributed by atoms with Gasteiger partial charge in [0.15, 0.2) is 0 Å². The molecule has 0 aliphatic carbocycles. The number of alkyl halides is 2. The Morgan fingerprint density at radius 1 is 1.58 bits per heavy atom. The zero-order valence-corrected chi connectivity index (χ0v) is 7.02. The Labute approximate surface area is 72.2 Å². The van der Waals surface area contributed by atoms with Crippen LogP contribution in [0.3, 0.4) is 0 Å². The van der Waals surface area contributed by atoms with Crippen LogP contribution in [0.4, 0.5) is 13.9 Å². The number of aromatic nitrogens is 2. The quantitative estimate of drug-likeness (QED) is 0.671. The van der Waals surface area contributed by atoms with Gasteiger partial charge in [0.25, 0.3) is 5.92 Å². The minimum Gasteiger partial charge on any atom is -0.341 e. The van der Waals surface area contributed by atoms with E-state index in [1.54, 1.807) is 4.90 Å². The molecule has 0 atom stereocenters. The molecule has 0 aromatic carbocycles. The molecule has 66 valence electrons. The van der Waals surface area contributed by atoms with Crippen LogP contribution >= 0.6 is 11.5 Å². The number of hydrogen-bond acceptors (Lipinski definition) is 4. The summed E-state index contributed by atoms with van der Waals surface area (Å²) in [7, 11) is 0. The molecule has 1 fully saturated rings. The third kappa shape index (κ3) is 1.38. The van der Waals surface area contributed by atoms with Crippen LogP contribution in [0.1, 0.15) is 6.42 Å². The summed E-state index contributed by atoms with van der Waals surface area (Å²) in [6, 6.07) is 0. The summed E-state index contributed by atoms with van der Waals surface area (Å²) < 4.78 is 29.2. The highest BCUT2D eigenvalue weighted by Crippen LogP contribution is 2.30. The fraction of sp³-hybridized carbons (Fsp3) is 0.667. The van der Waals surface area contributed by atoms with Crippen molar-refractivity contribution in [2.24, 2.45) is 0 Å². The Balaban J connectivity index is 2.10. The van der Waals surface area contributed by atoms with Crippen molar-refractivity contribution in [1.29, 1.82) is 0 Å². The molecule has 1 saturated heterocycles. The van der Waals surface area contributed by atoms with E-state index in [0.717, 1.165) is 11.5 Å². The van der Waals surface area contributed by atoms with Gasteiger partial charge in [0.2, 0.25) is 5.13 Å². The van der Waals surface area contributed by atoms with E-state index >= 15 is 0 Å². The second kappa shape index (κ2) is 2.62. The molecule has 12 heavy (non-hydrogen) atoms. The van der Waals surface area contributed by atoms with Crippen molar-refractivity contribution in [3.05, 3.63) is 6.33 Å². The molecule has 0 amide bonds. The molecule has 0 N–H and O–H groups in total. The van der Waals surface area contributed by atoms with Crippen LogP contribution in [0.5, 0.6) is 0 Å². The van der Waals surface area contributed by atoms with E-state index in [9.17, 15) is 8.78 Å². The predicted octanol–water partition coefficient (Wildman–Crippen LogP) is 1.38. The minimum absolute atomic E-state index is 0.0768. The van der Waals surface area contributed by atoms with Gasteiger partial charge in [-0.1, -0.05) is 0 Å². The van der Waals surface area contributed by atoms with Crippen LogP contribution in [-0.4, -0.2) is 28.4 Å². The number of halogens is 2. The summed E-state index contributed by atoms with van der Waals surface area (Å²) in [5, 5.41) is 0.590. The summed E-state index contributed by atoms with van der Waals surface area (Å²) in [6.45, 7) is 0.157. The van der Waals surface area contributed by atoms with E-state index < -0.39 is 5.92 Å². The van der Waals surface area contributed by atoms with Crippen molar-refractivity contribution in [2.45, 2.75) is 12.3 Å². The summed E-state index contributed by atoms with van der Waals surface area (Å²) >= 11 is 1.15. The molecule has 1 aromatic rings. The van der Waals surface area contributed by atoms with E-state index in [2.05, 4.69) is 9.36 Å². The van der Waals surface area contributed by atoms with E-state index in [4.69, 9.17) is 0 Å². The lowest BCUT2D eigenvalue weighted by atomic mass is 10.3. The highest BCUT2D eigenvalue weighted by atomic mass is 32.1. The molecular weight excluding hydrogens is 184 g/mol. The number of nitrogens with zero attached hydrogens (tertiary/aromatic N) is 3. The molecule has 2 rings (SSSR count). The zero-order chi connectivity index (χ0) is 8.60. The largest absolute Gasteiger partial charge is 0.341 e. The van der Waals surface area contributed by atoms with Crippen molar-refractivity contribution in [3.8, 4) is 0 Å². The maximum atomic E-state index is 12.7. The van der Waals surface area contributed by atoms with Crippen LogP contribution in [0.25, 0.3) is 0 Å². The van der Waals surface area contributed by atoms with Crippen LogP contribution in [0.2, 0.25) is 0 Å². The van der Waals surface area contributed by atoms with Gasteiger partial charge in [-0.05, 0) is 0 Å². The van der Waals surface area contributed by atoms with Gasteiger partial charge in [-0.2, -0.15) is 4.37 Å². The van der Waals surface area contributed by atoms with Crippen LogP contribution in [0, 0.1) is 0 Å². The van der Waals surface area contributed by atoms with Gasteiger partial charge in [-0.25, -0.2) is 13.8 Å². The third-order valence-electron chi connectivity index (χ3n) is 1.79. The summed E-state index contributed by atoms with van der Waals surface area (Å²) in [5.41, 5.74) is 0. The first-order valence-electron chi connectivity index (χ1n) is 3.57. The first-order chi connectivity index (χ1) is 5.67. The summed E-state index contributed by atoms with van der Waals surface area (Å²) in [4.78, 5) is 5.43. The van der Waals surface area contributed by atoms with Gasteiger partial charge in [0, 0.05) is 24.5 Å². The van der Waals surface area contributed by atoms with Crippen molar-refractivity contribution < 1.29 is 8.78 Å². The average molecular weight is 191 g/mol. The number of anilines is 1. The topological polar surface area (TPSA) is 29.0 Å². The van der Waals surface area contributed by atoms with Crippen molar-refractivity contribution >= 4 is 16.7 Å². The van der Waals surface area contributed by atoms with Crippen LogP contribution < -0.4 is 4.90 Å². The Kier molecular flexibility index (Phi) is 1.71. The maximum Gasteiger partial charge on any atom is 0.267 e. The molecule has 0 radical (unpaired) electrons. The molecule has 0 saturated carbocycles. The Hall–Kier alpha value is -0.780. The minimum atomic E-state index is -2.55. The standard InChI is InChI=1S/C6H7F2N3S/c7-6(8)1-2-11(3-6)5-9-4-10-12-5/h4H,1-3H2. The number of rotatable bonds is 1. The van der Waals surface area contributed by atoms with Gasteiger partial charge < -0.3 is 4.90 Å². The van der Waals surface area contributed by atoms with E-state index in [1.165, 1.54) is 6.33 Å². The zero-order valence-electron chi connectivity index (χ0n) is 6.20. The monoisotopic (exact) mass is 191 g/mol. The smallest absolute Gasteiger partial charge is 0.267 e. The summed E-state index contributed by atoms with van der Waals surface area (Å²) in [5.74, 6) is -2.55. The highest BCUT2D eigenvalue weighted by molar-refractivity contribution is 7.09. The second-order valence-electron chi connectivity index (χ2n) is 2.75. The first kappa shape index (κ1) is 7.85. The van der Waals surface area contributed by atoms with Gasteiger partial charge in [0.1, 0.15) is 6.33 Å². The molecule has 0 unspecified atom stereocenters. The first-order valence-corrected chi connectivity index (χ1v) is 4.34. The lowest BCUT2D eigenvalue weighted by Crippen LogP contribution is -2.24. The maximum absolute atomic E-state index is 12.7. The lowest BCUT2D eigenvalue weighted by Gasteiger charge is -2.12. The highest BCUT2D eigenvalue weighted by Gasteiger charge is 2.39. The normalized spacial score (nSPS) is 21.7. The molecular formula is C6H7F2N3S. The molecule has 0 spiro atoms. The fourth-order valence-corrected chi connectivity index (χ4v) is 1.76. The van der Waals surface area contributed by atoms with Crippen molar-refractivity contribution in [3.63, 3.8) is 0 Å². The summed E-state index contributed by atoms with van der Waals surface area (Å²) in [6.07, 6.45) is 1.31. The third-order valence-corrected chi connectivity index (χ3v) is 2.52. The van der Waals surface area contributed by atoms with Gasteiger partial charge in [0.05, 0.1) is 6.54 Å². The SMILES string of the molecule is FC1(F)CCN(c2ncns2)C1. The molecule has 1 aromatic heterocycles. The lowest BCUT2D eigenvalue weighted by molar-refractivity contribution is 0.0257. The van der Waals surface area contributed by atoms with E-state index in [0.29, 0.717) is 11.7 Å². The second-order valence-corrected chi connectivity index (χ2v) is 3.51. The van der Waals surface area contributed by atoms with Crippen molar-refractivity contribution in [2.75, 3.05) is 18.0 Å². The van der Waals surface area contributed by atoms with Crippen LogP contribution in [-0.2, 0) is 0 Å². The number of hydrogen-bond donors (Lipinski definition) is 0. The molecule has 1 aliphatic rings. The van der Waals surface area contributed by atoms with E-state index in [1.807, 2.05) is 0 Å². The van der Waals surface area contributed by atoms with Crippen LogP contribution in [0.15, 0.2) is 6.33 Å². The molecule has 6 heteroatoms. The molecule has 0 bridgehead atoms. The predicted molar refractivity (Wildman–Crippen MR) is 41.7 cm³/mol. The Morgan fingerprint density at radius 3 is 2.92 bits per heavy atom. The van der Waals surface area contributed by atoms with Gasteiger partial charge >= 0.3 is 0 Å². The van der Waals surface area contributed by atoms with Crippen molar-refractivity contribution in [1.82, 2.24) is 9.36 Å². The molecule has 1 aliphatic heterocycles. The Bertz CT molecular complexity index is 262. The fourth-order valence-electron chi connectivity index (χ4n) is 1.21. The van der Waals surface area contributed by atoms with Gasteiger partial charge in [-0.15, -0.1) is 0 Å². The average Bonchev–Trinajstić information content (AvgIpc) is 2.55. The molecule has 2 heterocycles.